The lowest BCUT2D eigenvalue weighted by Gasteiger charge is -2.30. The Morgan fingerprint density at radius 3 is 2.37 bits per heavy atom. The molecule has 10 heteroatoms. The van der Waals surface area contributed by atoms with Crippen LogP contribution in [0.4, 0.5) is 13.2 Å². The van der Waals surface area contributed by atoms with Crippen LogP contribution in [-0.2, 0) is 10.2 Å². The van der Waals surface area contributed by atoms with Gasteiger partial charge in [-0.3, -0.25) is 0 Å². The molecule has 1 heterocycles. The highest BCUT2D eigenvalue weighted by atomic mass is 32.2. The number of alkyl halides is 3. The maximum atomic E-state index is 11.9. The Kier molecular flexibility index (Phi) is 6.37. The van der Waals surface area contributed by atoms with Crippen molar-refractivity contribution in [3.63, 3.8) is 0 Å². The van der Waals surface area contributed by atoms with E-state index in [0.717, 1.165) is 0 Å². The van der Waals surface area contributed by atoms with Crippen LogP contribution in [0.15, 0.2) is 0 Å². The molecule has 0 atom stereocenters. The van der Waals surface area contributed by atoms with Gasteiger partial charge in [-0.15, -0.1) is 0 Å². The van der Waals surface area contributed by atoms with Gasteiger partial charge in [0.15, 0.2) is 0 Å². The van der Waals surface area contributed by atoms with Gasteiger partial charge in [-0.1, -0.05) is 0 Å². The maximum Gasteiger partial charge on any atom is 0.441 e. The Labute approximate surface area is 114 Å². The van der Waals surface area contributed by atoms with E-state index >= 15 is 0 Å². The van der Waals surface area contributed by atoms with Crippen molar-refractivity contribution in [1.82, 2.24) is 9.03 Å². The number of rotatable bonds is 6. The van der Waals surface area contributed by atoms with Crippen LogP contribution < -0.4 is 4.72 Å². The third-order valence-corrected chi connectivity index (χ3v) is 5.17. The van der Waals surface area contributed by atoms with E-state index in [9.17, 15) is 21.6 Å². The van der Waals surface area contributed by atoms with E-state index in [4.69, 9.17) is 5.11 Å². The lowest BCUT2D eigenvalue weighted by atomic mass is 10.00. The average molecular weight is 322 g/mol. The number of nitrogens with zero attached hydrogens (tertiary/aromatic N) is 1. The predicted molar refractivity (Wildman–Crippen MR) is 66.8 cm³/mol. The minimum Gasteiger partial charge on any atom is -0.396 e. The van der Waals surface area contributed by atoms with Crippen molar-refractivity contribution in [3.05, 3.63) is 0 Å². The van der Waals surface area contributed by atoms with Gasteiger partial charge >= 0.3 is 5.51 Å². The Bertz CT molecular complexity index is 367. The van der Waals surface area contributed by atoms with Gasteiger partial charge in [-0.25, -0.2) is 4.72 Å². The van der Waals surface area contributed by atoms with Crippen molar-refractivity contribution in [2.45, 2.75) is 18.3 Å². The largest absolute Gasteiger partial charge is 0.441 e. The summed E-state index contributed by atoms with van der Waals surface area (Å²) in [6.45, 7) is 0.343. The zero-order valence-electron chi connectivity index (χ0n) is 10.2. The van der Waals surface area contributed by atoms with Gasteiger partial charge < -0.3 is 5.11 Å². The van der Waals surface area contributed by atoms with Crippen molar-refractivity contribution < 1.29 is 26.7 Å². The minimum absolute atomic E-state index is 0.0313. The monoisotopic (exact) mass is 322 g/mol. The van der Waals surface area contributed by atoms with Gasteiger partial charge in [-0.05, 0) is 30.5 Å². The number of thioether (sulfide) groups is 1. The molecule has 0 radical (unpaired) electrons. The lowest BCUT2D eigenvalue weighted by Crippen LogP contribution is -2.46. The molecule has 1 fully saturated rings. The van der Waals surface area contributed by atoms with Crippen molar-refractivity contribution in [3.8, 4) is 0 Å². The summed E-state index contributed by atoms with van der Waals surface area (Å²) in [7, 11) is -3.71. The molecule has 0 aromatic rings. The summed E-state index contributed by atoms with van der Waals surface area (Å²) in [5.41, 5.74) is -4.34. The summed E-state index contributed by atoms with van der Waals surface area (Å²) in [6, 6.07) is 0. The lowest BCUT2D eigenvalue weighted by molar-refractivity contribution is -0.0327. The second-order valence-corrected chi connectivity index (χ2v) is 7.13. The van der Waals surface area contributed by atoms with Gasteiger partial charge in [0.2, 0.25) is 0 Å². The number of halogens is 3. The van der Waals surface area contributed by atoms with Gasteiger partial charge in [0.25, 0.3) is 10.2 Å². The molecule has 0 unspecified atom stereocenters. The van der Waals surface area contributed by atoms with E-state index in [1.54, 1.807) is 0 Å². The molecule has 0 amide bonds. The Morgan fingerprint density at radius 2 is 1.89 bits per heavy atom. The third kappa shape index (κ3) is 6.30. The van der Waals surface area contributed by atoms with E-state index in [1.807, 2.05) is 0 Å². The first-order valence-corrected chi connectivity index (χ1v) is 8.23. The highest BCUT2D eigenvalue weighted by Crippen LogP contribution is 2.29. The first-order valence-electron chi connectivity index (χ1n) is 5.81. The third-order valence-electron chi connectivity index (χ3n) is 2.82. The van der Waals surface area contributed by atoms with Crippen LogP contribution in [0.2, 0.25) is 0 Å². The summed E-state index contributed by atoms with van der Waals surface area (Å²) in [4.78, 5) is 0. The molecule has 1 saturated heterocycles. The van der Waals surface area contributed by atoms with E-state index in [-0.39, 0.29) is 49.7 Å². The second-order valence-electron chi connectivity index (χ2n) is 4.22. The number of nitrogens with one attached hydrogen (secondary N) is 1. The quantitative estimate of drug-likeness (QED) is 0.709. The van der Waals surface area contributed by atoms with Crippen molar-refractivity contribution in [2.75, 3.05) is 32.0 Å². The van der Waals surface area contributed by atoms with Crippen LogP contribution >= 0.6 is 11.8 Å². The van der Waals surface area contributed by atoms with E-state index < -0.39 is 15.7 Å². The zero-order chi connectivity index (χ0) is 14.5. The van der Waals surface area contributed by atoms with Crippen molar-refractivity contribution >= 4 is 22.0 Å². The fourth-order valence-electron chi connectivity index (χ4n) is 1.76. The molecule has 2 N–H and O–H groups in total. The SMILES string of the molecule is O=S(=O)(NCCSC(F)(F)F)N1CCC(CO)CC1. The number of piperidine rings is 1. The van der Waals surface area contributed by atoms with Crippen molar-refractivity contribution in [2.24, 2.45) is 5.92 Å². The van der Waals surface area contributed by atoms with Crippen LogP contribution in [0, 0.1) is 5.92 Å². The zero-order valence-corrected chi connectivity index (χ0v) is 11.8. The first kappa shape index (κ1) is 17.0. The molecule has 0 spiro atoms. The average Bonchev–Trinajstić information content (AvgIpc) is 2.34. The Balaban J connectivity index is 2.32. The molecule has 5 nitrogen and oxygen atoms in total. The van der Waals surface area contributed by atoms with Gasteiger partial charge in [0, 0.05) is 32.0 Å². The molecule has 0 aliphatic carbocycles. The van der Waals surface area contributed by atoms with E-state index in [2.05, 4.69) is 4.72 Å². The molecular formula is C9H17F3N2O3S2. The van der Waals surface area contributed by atoms with Gasteiger partial charge in [0.05, 0.1) is 0 Å². The number of hydrogen-bond donors (Lipinski definition) is 2. The summed E-state index contributed by atoms with van der Waals surface area (Å²) in [6.07, 6.45) is 1.13. The van der Waals surface area contributed by atoms with Crippen LogP contribution in [0.25, 0.3) is 0 Å². The standard InChI is InChI=1S/C9H17F3N2O3S2/c10-9(11,12)18-6-3-13-19(16,17)14-4-1-8(7-15)2-5-14/h8,13,15H,1-7H2. The van der Waals surface area contributed by atoms with Crippen molar-refractivity contribution in [1.29, 1.82) is 0 Å². The normalized spacial score (nSPS) is 19.8. The number of aliphatic hydroxyl groups is 1. The summed E-state index contributed by atoms with van der Waals surface area (Å²) in [5, 5.41) is 8.94. The minimum atomic E-state index is -4.34. The van der Waals surface area contributed by atoms with Gasteiger partial charge in [-0.2, -0.15) is 25.9 Å². The molecule has 1 aliphatic heterocycles. The number of aliphatic hydroxyl groups excluding tert-OH is 1. The topological polar surface area (TPSA) is 69.6 Å². The molecule has 0 saturated carbocycles. The molecule has 0 bridgehead atoms. The molecule has 1 aliphatic rings. The van der Waals surface area contributed by atoms with Crippen LogP contribution in [0.3, 0.4) is 0 Å². The molecule has 1 rings (SSSR count). The molecule has 0 aromatic heterocycles. The molecule has 0 aromatic carbocycles. The second kappa shape index (κ2) is 7.11. The van der Waals surface area contributed by atoms with Crippen LogP contribution in [-0.4, -0.2) is 55.3 Å². The Morgan fingerprint density at radius 1 is 1.32 bits per heavy atom. The fraction of sp³-hybridized carbons (Fsp3) is 1.00. The highest BCUT2D eigenvalue weighted by molar-refractivity contribution is 8.00. The van der Waals surface area contributed by atoms with Gasteiger partial charge in [0.1, 0.15) is 0 Å². The summed E-state index contributed by atoms with van der Waals surface area (Å²) < 4.78 is 62.5. The van der Waals surface area contributed by atoms with E-state index in [1.165, 1.54) is 4.31 Å². The predicted octanol–water partition coefficient (Wildman–Crippen LogP) is 0.778. The highest BCUT2D eigenvalue weighted by Gasteiger charge is 2.29. The Hall–Kier alpha value is -0.0300. The smallest absolute Gasteiger partial charge is 0.396 e. The first-order chi connectivity index (χ1) is 8.74. The molecule has 19 heavy (non-hydrogen) atoms. The summed E-state index contributed by atoms with van der Waals surface area (Å²) >= 11 is -0.254. The molecule has 114 valence electrons. The van der Waals surface area contributed by atoms with Crippen LogP contribution in [0.5, 0.6) is 0 Å². The number of hydrogen-bond acceptors (Lipinski definition) is 4. The maximum absolute atomic E-state index is 11.9. The molecular weight excluding hydrogens is 305 g/mol. The van der Waals surface area contributed by atoms with Crippen LogP contribution in [0.1, 0.15) is 12.8 Å². The summed E-state index contributed by atoms with van der Waals surface area (Å²) in [5.74, 6) is -0.247. The fourth-order valence-corrected chi connectivity index (χ4v) is 3.56. The van der Waals surface area contributed by atoms with E-state index in [0.29, 0.717) is 12.8 Å².